The number of rotatable bonds is 6. The van der Waals surface area contributed by atoms with Crippen LogP contribution in [-0.4, -0.2) is 56.2 Å². The lowest BCUT2D eigenvalue weighted by atomic mass is 10.1. The summed E-state index contributed by atoms with van der Waals surface area (Å²) in [6, 6.07) is 17.2. The monoisotopic (exact) mass is 350 g/mol. The van der Waals surface area contributed by atoms with E-state index in [1.165, 1.54) is 22.4 Å². The number of aliphatic imine (C=N–C) groups is 1. The second-order valence-corrected chi connectivity index (χ2v) is 7.40. The third kappa shape index (κ3) is 4.51. The van der Waals surface area contributed by atoms with Gasteiger partial charge in [-0.2, -0.15) is 0 Å². The van der Waals surface area contributed by atoms with Gasteiger partial charge in [0, 0.05) is 17.8 Å². The van der Waals surface area contributed by atoms with Gasteiger partial charge in [0.05, 0.1) is 13.3 Å². The molecule has 1 aliphatic rings. The molecule has 0 fully saturated rings. The van der Waals surface area contributed by atoms with Crippen molar-refractivity contribution in [1.82, 2.24) is 9.80 Å². The smallest absolute Gasteiger partial charge is 0.137 e. The number of anilines is 1. The van der Waals surface area contributed by atoms with Crippen LogP contribution in [0.25, 0.3) is 0 Å². The Hall–Kier alpha value is -2.17. The number of hydrogen-bond acceptors (Lipinski definition) is 4. The first kappa shape index (κ1) is 18.6. The van der Waals surface area contributed by atoms with E-state index in [9.17, 15) is 0 Å². The average molecular weight is 351 g/mol. The summed E-state index contributed by atoms with van der Waals surface area (Å²) in [6.07, 6.45) is 1.16. The molecule has 138 valence electrons. The maximum atomic E-state index is 4.96. The van der Waals surface area contributed by atoms with Crippen LogP contribution < -0.4 is 4.90 Å². The van der Waals surface area contributed by atoms with Gasteiger partial charge in [-0.3, -0.25) is 9.89 Å². The van der Waals surface area contributed by atoms with E-state index in [1.54, 1.807) is 0 Å². The largest absolute Gasteiger partial charge is 0.312 e. The topological polar surface area (TPSA) is 22.1 Å². The first-order valence-electron chi connectivity index (χ1n) is 9.36. The molecule has 0 amide bonds. The number of benzene rings is 2. The van der Waals surface area contributed by atoms with Crippen LogP contribution in [0.1, 0.15) is 23.1 Å². The van der Waals surface area contributed by atoms with Crippen molar-refractivity contribution in [3.05, 3.63) is 65.2 Å². The molecule has 0 unspecified atom stereocenters. The summed E-state index contributed by atoms with van der Waals surface area (Å²) >= 11 is 0. The molecule has 2 aromatic rings. The van der Waals surface area contributed by atoms with E-state index in [0.29, 0.717) is 0 Å². The number of aryl methyl sites for hydroxylation is 2. The van der Waals surface area contributed by atoms with Gasteiger partial charge in [-0.15, -0.1) is 0 Å². The molecule has 4 heteroatoms. The molecule has 0 bridgehead atoms. The summed E-state index contributed by atoms with van der Waals surface area (Å²) in [5, 5.41) is 0. The van der Waals surface area contributed by atoms with Gasteiger partial charge in [0.2, 0.25) is 0 Å². The van der Waals surface area contributed by atoms with E-state index >= 15 is 0 Å². The third-order valence-corrected chi connectivity index (χ3v) is 4.77. The highest BCUT2D eigenvalue weighted by Gasteiger charge is 2.24. The number of hydrogen-bond donors (Lipinski definition) is 0. The molecular formula is C22H30N4. The Balaban J connectivity index is 1.87. The van der Waals surface area contributed by atoms with Gasteiger partial charge in [0.1, 0.15) is 5.84 Å². The van der Waals surface area contributed by atoms with Gasteiger partial charge in [-0.25, -0.2) is 0 Å². The molecule has 0 aromatic heterocycles. The molecule has 0 saturated heterocycles. The summed E-state index contributed by atoms with van der Waals surface area (Å²) < 4.78 is 0. The second kappa shape index (κ2) is 8.47. The maximum Gasteiger partial charge on any atom is 0.137 e. The summed E-state index contributed by atoms with van der Waals surface area (Å²) in [6.45, 7) is 8.15. The van der Waals surface area contributed by atoms with Crippen LogP contribution in [0.4, 0.5) is 5.69 Å². The third-order valence-electron chi connectivity index (χ3n) is 4.77. The molecular weight excluding hydrogens is 320 g/mol. The molecule has 2 aromatic carbocycles. The Labute approximate surface area is 157 Å². The molecule has 0 radical (unpaired) electrons. The number of amidine groups is 1. The van der Waals surface area contributed by atoms with Crippen molar-refractivity contribution in [2.24, 2.45) is 4.99 Å². The van der Waals surface area contributed by atoms with E-state index in [-0.39, 0.29) is 0 Å². The molecule has 0 atom stereocenters. The van der Waals surface area contributed by atoms with Crippen LogP contribution >= 0.6 is 0 Å². The highest BCUT2D eigenvalue weighted by atomic mass is 15.4. The van der Waals surface area contributed by atoms with Crippen molar-refractivity contribution >= 4 is 11.5 Å². The van der Waals surface area contributed by atoms with Crippen LogP contribution in [-0.2, 0) is 0 Å². The minimum Gasteiger partial charge on any atom is -0.312 e. The molecule has 26 heavy (non-hydrogen) atoms. The van der Waals surface area contributed by atoms with Crippen molar-refractivity contribution in [3.8, 4) is 0 Å². The summed E-state index contributed by atoms with van der Waals surface area (Å²) in [5.74, 6) is 1.07. The van der Waals surface area contributed by atoms with Gasteiger partial charge in [-0.05, 0) is 52.5 Å². The Morgan fingerprint density at radius 3 is 2.50 bits per heavy atom. The SMILES string of the molecule is Cc1ccc(N2CN(CCCN(C)C)CN=C2c2ccccc2)c(C)c1. The molecule has 0 spiro atoms. The zero-order valence-electron chi connectivity index (χ0n) is 16.4. The Morgan fingerprint density at radius 1 is 1.04 bits per heavy atom. The first-order valence-corrected chi connectivity index (χ1v) is 9.36. The van der Waals surface area contributed by atoms with Gasteiger partial charge in [0.15, 0.2) is 0 Å². The van der Waals surface area contributed by atoms with E-state index in [0.717, 1.165) is 38.7 Å². The zero-order valence-corrected chi connectivity index (χ0v) is 16.4. The van der Waals surface area contributed by atoms with E-state index in [1.807, 2.05) is 0 Å². The second-order valence-electron chi connectivity index (χ2n) is 7.40. The van der Waals surface area contributed by atoms with E-state index in [4.69, 9.17) is 4.99 Å². The minimum atomic E-state index is 0.763. The Morgan fingerprint density at radius 2 is 1.81 bits per heavy atom. The fourth-order valence-electron chi connectivity index (χ4n) is 3.45. The Kier molecular flexibility index (Phi) is 6.07. The normalized spacial score (nSPS) is 15.4. The van der Waals surface area contributed by atoms with E-state index < -0.39 is 0 Å². The molecule has 1 aliphatic heterocycles. The zero-order chi connectivity index (χ0) is 18.5. The predicted octanol–water partition coefficient (Wildman–Crippen LogP) is 3.74. The highest BCUT2D eigenvalue weighted by molar-refractivity contribution is 6.10. The van der Waals surface area contributed by atoms with Gasteiger partial charge < -0.3 is 9.80 Å². The lowest BCUT2D eigenvalue weighted by molar-refractivity contribution is 0.261. The van der Waals surface area contributed by atoms with Crippen LogP contribution in [0.3, 0.4) is 0 Å². The molecule has 0 N–H and O–H groups in total. The molecule has 1 heterocycles. The van der Waals surface area contributed by atoms with Crippen molar-refractivity contribution in [2.45, 2.75) is 20.3 Å². The average Bonchev–Trinajstić information content (AvgIpc) is 2.62. The molecule has 3 rings (SSSR count). The summed E-state index contributed by atoms with van der Waals surface area (Å²) in [4.78, 5) is 12.0. The van der Waals surface area contributed by atoms with E-state index in [2.05, 4.69) is 91.2 Å². The van der Waals surface area contributed by atoms with Crippen molar-refractivity contribution in [2.75, 3.05) is 45.4 Å². The molecule has 0 saturated carbocycles. The first-order chi connectivity index (χ1) is 12.5. The van der Waals surface area contributed by atoms with Gasteiger partial charge in [-0.1, -0.05) is 48.0 Å². The fourth-order valence-corrected chi connectivity index (χ4v) is 3.45. The lowest BCUT2D eigenvalue weighted by Gasteiger charge is -2.37. The summed E-state index contributed by atoms with van der Waals surface area (Å²) in [5.41, 5.74) is 5.02. The van der Waals surface area contributed by atoms with Gasteiger partial charge >= 0.3 is 0 Å². The highest BCUT2D eigenvalue weighted by Crippen LogP contribution is 2.26. The van der Waals surface area contributed by atoms with Crippen LogP contribution in [0.2, 0.25) is 0 Å². The fraction of sp³-hybridized carbons (Fsp3) is 0.409. The lowest BCUT2D eigenvalue weighted by Crippen LogP contribution is -2.47. The van der Waals surface area contributed by atoms with Crippen LogP contribution in [0, 0.1) is 13.8 Å². The predicted molar refractivity (Wildman–Crippen MR) is 111 cm³/mol. The quantitative estimate of drug-likeness (QED) is 0.792. The van der Waals surface area contributed by atoms with Crippen LogP contribution in [0.15, 0.2) is 53.5 Å². The van der Waals surface area contributed by atoms with Crippen LogP contribution in [0.5, 0.6) is 0 Å². The van der Waals surface area contributed by atoms with Gasteiger partial charge in [0.25, 0.3) is 0 Å². The number of nitrogens with zero attached hydrogens (tertiary/aromatic N) is 4. The van der Waals surface area contributed by atoms with Crippen molar-refractivity contribution in [3.63, 3.8) is 0 Å². The van der Waals surface area contributed by atoms with Crippen molar-refractivity contribution < 1.29 is 0 Å². The standard InChI is InChI=1S/C22H30N4/c1-18-11-12-21(19(2)15-18)26-17-25(14-8-13-24(3)4)16-23-22(26)20-9-6-5-7-10-20/h5-7,9-12,15H,8,13-14,16-17H2,1-4H3. The Bertz CT molecular complexity index is 752. The molecule has 4 nitrogen and oxygen atoms in total. The molecule has 0 aliphatic carbocycles. The van der Waals surface area contributed by atoms with Crippen molar-refractivity contribution in [1.29, 1.82) is 0 Å². The maximum absolute atomic E-state index is 4.96. The minimum absolute atomic E-state index is 0.763. The summed E-state index contributed by atoms with van der Waals surface area (Å²) in [7, 11) is 4.26.